The number of ether oxygens (including phenoxy) is 1. The minimum Gasteiger partial charge on any atom is -0.478 e. The second-order valence-electron chi connectivity index (χ2n) is 7.36. The van der Waals surface area contributed by atoms with Gasteiger partial charge in [0, 0.05) is 19.3 Å². The predicted octanol–water partition coefficient (Wildman–Crippen LogP) is 2.14. The Morgan fingerprint density at radius 1 is 1.48 bits per heavy atom. The van der Waals surface area contributed by atoms with E-state index in [4.69, 9.17) is 10.00 Å². The molecule has 0 aliphatic carbocycles. The highest BCUT2D eigenvalue weighted by atomic mass is 16.6. The van der Waals surface area contributed by atoms with Crippen molar-refractivity contribution in [3.05, 3.63) is 23.5 Å². The van der Waals surface area contributed by atoms with E-state index in [1.165, 1.54) is 12.3 Å². The van der Waals surface area contributed by atoms with E-state index in [2.05, 4.69) is 10.3 Å². The Bertz CT molecular complexity index is 735. The van der Waals surface area contributed by atoms with Gasteiger partial charge in [0.2, 0.25) is 0 Å². The number of hydrogen-bond donors (Lipinski definition) is 2. The first-order chi connectivity index (χ1) is 11.5. The number of carboxylic acid groups (broad SMARTS) is 1. The van der Waals surface area contributed by atoms with E-state index in [-0.39, 0.29) is 11.3 Å². The number of nitriles is 1. The Hall–Kier alpha value is -2.82. The molecule has 1 aromatic heterocycles. The van der Waals surface area contributed by atoms with Crippen LogP contribution in [-0.2, 0) is 4.74 Å². The summed E-state index contributed by atoms with van der Waals surface area (Å²) in [4.78, 5) is 29.1. The molecule has 0 spiro atoms. The Labute approximate surface area is 146 Å². The summed E-state index contributed by atoms with van der Waals surface area (Å²) in [5, 5.41) is 21.2. The van der Waals surface area contributed by atoms with E-state index in [1.807, 2.05) is 17.9 Å². The van der Waals surface area contributed by atoms with E-state index in [0.717, 1.165) is 0 Å². The predicted molar refractivity (Wildman–Crippen MR) is 90.5 cm³/mol. The summed E-state index contributed by atoms with van der Waals surface area (Å²) >= 11 is 0. The third kappa shape index (κ3) is 4.59. The van der Waals surface area contributed by atoms with Crippen LogP contribution in [0.1, 0.15) is 50.2 Å². The van der Waals surface area contributed by atoms with E-state index >= 15 is 0 Å². The molecule has 0 bridgehead atoms. The smallest absolute Gasteiger partial charge is 0.408 e. The molecule has 8 nitrogen and oxygen atoms in total. The van der Waals surface area contributed by atoms with E-state index < -0.39 is 23.2 Å². The first-order valence-electron chi connectivity index (χ1n) is 7.92. The lowest BCUT2D eigenvalue weighted by molar-refractivity contribution is 0.0472. The Balaban J connectivity index is 2.18. The molecule has 1 aliphatic heterocycles. The van der Waals surface area contributed by atoms with Crippen LogP contribution in [0.4, 0.5) is 10.5 Å². The molecule has 1 fully saturated rings. The van der Waals surface area contributed by atoms with E-state index in [1.54, 1.807) is 20.8 Å². The molecule has 134 valence electrons. The van der Waals surface area contributed by atoms with Gasteiger partial charge in [-0.25, -0.2) is 14.6 Å². The van der Waals surface area contributed by atoms with Gasteiger partial charge in [-0.15, -0.1) is 0 Å². The summed E-state index contributed by atoms with van der Waals surface area (Å²) in [6, 6.07) is 3.38. The maximum Gasteiger partial charge on any atom is 0.408 e. The molecular weight excluding hydrogens is 324 g/mol. The van der Waals surface area contributed by atoms with Crippen LogP contribution in [0.5, 0.6) is 0 Å². The van der Waals surface area contributed by atoms with Crippen LogP contribution < -0.4 is 10.2 Å². The van der Waals surface area contributed by atoms with Crippen molar-refractivity contribution >= 4 is 17.7 Å². The lowest BCUT2D eigenvalue weighted by Gasteiger charge is -2.29. The number of anilines is 1. The zero-order chi connectivity index (χ0) is 18.8. The molecule has 1 aromatic rings. The maximum absolute atomic E-state index is 12.0. The molecule has 1 amide bonds. The fourth-order valence-electron chi connectivity index (χ4n) is 2.75. The Kier molecular flexibility index (Phi) is 4.88. The number of hydrogen-bond acceptors (Lipinski definition) is 6. The van der Waals surface area contributed by atoms with Crippen LogP contribution in [0.2, 0.25) is 0 Å². The molecule has 1 atom stereocenters. The van der Waals surface area contributed by atoms with Gasteiger partial charge in [-0.05, 0) is 40.2 Å². The normalized spacial score (nSPS) is 20.0. The van der Waals surface area contributed by atoms with Crippen molar-refractivity contribution in [3.63, 3.8) is 0 Å². The van der Waals surface area contributed by atoms with E-state index in [0.29, 0.717) is 25.2 Å². The summed E-state index contributed by atoms with van der Waals surface area (Å²) in [5.74, 6) is -1.11. The van der Waals surface area contributed by atoms with Gasteiger partial charge < -0.3 is 20.1 Å². The van der Waals surface area contributed by atoms with Crippen molar-refractivity contribution in [2.24, 2.45) is 0 Å². The van der Waals surface area contributed by atoms with Crippen LogP contribution in [0.25, 0.3) is 0 Å². The fraction of sp³-hybridized carbons (Fsp3) is 0.529. The monoisotopic (exact) mass is 346 g/mol. The van der Waals surface area contributed by atoms with Crippen molar-refractivity contribution in [1.29, 1.82) is 5.26 Å². The molecular formula is C17H22N4O4. The number of aromatic nitrogens is 1. The first-order valence-corrected chi connectivity index (χ1v) is 7.92. The molecule has 2 heterocycles. The minimum atomic E-state index is -1.11. The molecule has 25 heavy (non-hydrogen) atoms. The molecule has 0 radical (unpaired) electrons. The summed E-state index contributed by atoms with van der Waals surface area (Å²) in [6.07, 6.45) is 1.30. The average Bonchev–Trinajstić information content (AvgIpc) is 2.86. The molecule has 1 saturated heterocycles. The Morgan fingerprint density at radius 3 is 2.72 bits per heavy atom. The van der Waals surface area contributed by atoms with Crippen LogP contribution in [0.15, 0.2) is 12.3 Å². The zero-order valence-electron chi connectivity index (χ0n) is 14.8. The molecule has 1 aliphatic rings. The highest BCUT2D eigenvalue weighted by Crippen LogP contribution is 2.30. The second-order valence-corrected chi connectivity index (χ2v) is 7.36. The van der Waals surface area contributed by atoms with E-state index in [9.17, 15) is 14.7 Å². The number of nitrogens with one attached hydrogen (secondary N) is 1. The van der Waals surface area contributed by atoms with Crippen molar-refractivity contribution in [2.45, 2.75) is 45.3 Å². The van der Waals surface area contributed by atoms with Gasteiger partial charge in [-0.2, -0.15) is 5.26 Å². The summed E-state index contributed by atoms with van der Waals surface area (Å²) < 4.78 is 5.29. The third-order valence-electron chi connectivity index (χ3n) is 3.84. The van der Waals surface area contributed by atoms with Crippen LogP contribution in [-0.4, -0.2) is 46.4 Å². The number of alkyl carbamates (subject to hydrolysis) is 1. The lowest BCUT2D eigenvalue weighted by Crippen LogP contribution is -2.49. The Morgan fingerprint density at radius 2 is 2.16 bits per heavy atom. The standard InChI is InChI=1S/C17H22N4O4/c1-16(2,3)25-15(24)20-17(4)5-6-21(10-17)13-7-11(8-18)19-9-12(13)14(22)23/h7,9H,5-6,10H2,1-4H3,(H,20,24)(H,22,23). The number of amides is 1. The summed E-state index contributed by atoms with van der Waals surface area (Å²) in [5.41, 5.74) is -0.557. The minimum absolute atomic E-state index is 0.0283. The highest BCUT2D eigenvalue weighted by molar-refractivity contribution is 5.94. The van der Waals surface area contributed by atoms with Gasteiger partial charge in [0.05, 0.1) is 11.2 Å². The first kappa shape index (κ1) is 18.5. The molecule has 0 aromatic carbocycles. The molecule has 8 heteroatoms. The molecule has 1 unspecified atom stereocenters. The van der Waals surface area contributed by atoms with Crippen molar-refractivity contribution < 1.29 is 19.4 Å². The molecule has 2 N–H and O–H groups in total. The van der Waals surface area contributed by atoms with Crippen LogP contribution >= 0.6 is 0 Å². The topological polar surface area (TPSA) is 116 Å². The largest absolute Gasteiger partial charge is 0.478 e. The lowest BCUT2D eigenvalue weighted by atomic mass is 10.0. The number of carbonyl (C=O) groups excluding carboxylic acids is 1. The summed E-state index contributed by atoms with van der Waals surface area (Å²) in [7, 11) is 0. The quantitative estimate of drug-likeness (QED) is 0.861. The van der Waals surface area contributed by atoms with Crippen molar-refractivity contribution in [3.8, 4) is 6.07 Å². The maximum atomic E-state index is 12.0. The van der Waals surface area contributed by atoms with Crippen molar-refractivity contribution in [2.75, 3.05) is 18.0 Å². The number of aromatic carboxylic acids is 1. The fourth-order valence-corrected chi connectivity index (χ4v) is 2.75. The SMILES string of the molecule is CC1(NC(=O)OC(C)(C)C)CCN(c2cc(C#N)ncc2C(=O)O)C1. The van der Waals surface area contributed by atoms with Gasteiger partial charge in [-0.1, -0.05) is 0 Å². The van der Waals surface area contributed by atoms with Gasteiger partial charge in [0.1, 0.15) is 22.9 Å². The van der Waals surface area contributed by atoms with Crippen LogP contribution in [0, 0.1) is 11.3 Å². The molecule has 0 saturated carbocycles. The number of rotatable bonds is 3. The number of carbonyl (C=O) groups is 2. The number of pyridine rings is 1. The number of carboxylic acids is 1. The second kappa shape index (κ2) is 6.59. The number of nitrogens with zero attached hydrogens (tertiary/aromatic N) is 3. The zero-order valence-corrected chi connectivity index (χ0v) is 14.8. The van der Waals surface area contributed by atoms with Gasteiger partial charge >= 0.3 is 12.1 Å². The van der Waals surface area contributed by atoms with Crippen molar-refractivity contribution in [1.82, 2.24) is 10.3 Å². The highest BCUT2D eigenvalue weighted by Gasteiger charge is 2.37. The van der Waals surface area contributed by atoms with Crippen LogP contribution in [0.3, 0.4) is 0 Å². The third-order valence-corrected chi connectivity index (χ3v) is 3.84. The van der Waals surface area contributed by atoms with Gasteiger partial charge in [0.25, 0.3) is 0 Å². The van der Waals surface area contributed by atoms with Gasteiger partial charge in [0.15, 0.2) is 0 Å². The molecule has 2 rings (SSSR count). The van der Waals surface area contributed by atoms with Gasteiger partial charge in [-0.3, -0.25) is 0 Å². The average molecular weight is 346 g/mol. The summed E-state index contributed by atoms with van der Waals surface area (Å²) in [6.45, 7) is 8.19.